The van der Waals surface area contributed by atoms with Crippen LogP contribution in [0.2, 0.25) is 0 Å². The van der Waals surface area contributed by atoms with Crippen molar-refractivity contribution in [2.75, 3.05) is 0 Å². The number of ketones is 1. The van der Waals surface area contributed by atoms with E-state index in [-0.39, 0.29) is 5.41 Å². The topological polar surface area (TPSA) is 17.1 Å². The number of fused-ring (bicyclic) bond motifs is 2. The Kier molecular flexibility index (Phi) is 1.11. The zero-order valence-electron chi connectivity index (χ0n) is 8.77. The smallest absolute Gasteiger partial charge is 0.139 e. The van der Waals surface area contributed by atoms with E-state index in [0.29, 0.717) is 16.6 Å². The van der Waals surface area contributed by atoms with E-state index in [4.69, 9.17) is 0 Å². The fourth-order valence-corrected chi connectivity index (χ4v) is 5.28. The van der Waals surface area contributed by atoms with Gasteiger partial charge in [0.25, 0.3) is 0 Å². The molecule has 1 nitrogen and oxygen atoms in total. The van der Waals surface area contributed by atoms with Crippen LogP contribution in [0.5, 0.6) is 0 Å². The molecular formula is C13H18O. The quantitative estimate of drug-likeness (QED) is 0.573. The Hall–Kier alpha value is -0.330. The second kappa shape index (κ2) is 1.96. The van der Waals surface area contributed by atoms with Gasteiger partial charge in [0.15, 0.2) is 0 Å². The van der Waals surface area contributed by atoms with Gasteiger partial charge in [0, 0.05) is 11.8 Å². The molecule has 0 amide bonds. The van der Waals surface area contributed by atoms with Crippen LogP contribution in [-0.4, -0.2) is 5.78 Å². The van der Waals surface area contributed by atoms with E-state index in [2.05, 4.69) is 0 Å². The fraction of sp³-hybridized carbons (Fsp3) is 0.923. The summed E-state index contributed by atoms with van der Waals surface area (Å²) in [5.41, 5.74) is 1.47. The molecule has 1 unspecified atom stereocenters. The fourth-order valence-electron chi connectivity index (χ4n) is 5.28. The molecule has 0 aromatic carbocycles. The zero-order valence-corrected chi connectivity index (χ0v) is 8.77. The van der Waals surface area contributed by atoms with Gasteiger partial charge >= 0.3 is 0 Å². The minimum atomic E-state index is 0.242. The lowest BCUT2D eigenvalue weighted by Crippen LogP contribution is -2.73. The molecule has 0 bridgehead atoms. The highest BCUT2D eigenvalue weighted by molar-refractivity contribution is 5.92. The van der Waals surface area contributed by atoms with Crippen molar-refractivity contribution in [1.29, 1.82) is 0 Å². The van der Waals surface area contributed by atoms with Gasteiger partial charge in [-0.1, -0.05) is 6.42 Å². The number of hydrogen-bond acceptors (Lipinski definition) is 1. The third-order valence-electron chi connectivity index (χ3n) is 6.56. The summed E-state index contributed by atoms with van der Waals surface area (Å²) in [6.45, 7) is 0. The number of carbonyl (C=O) groups is 1. The summed E-state index contributed by atoms with van der Waals surface area (Å²) in [5, 5.41) is 0. The van der Waals surface area contributed by atoms with Gasteiger partial charge in [-0.15, -0.1) is 0 Å². The molecule has 0 N–H and O–H groups in total. The molecule has 76 valence electrons. The minimum Gasteiger partial charge on any atom is -0.299 e. The van der Waals surface area contributed by atoms with E-state index in [0.717, 1.165) is 6.42 Å². The Morgan fingerprint density at radius 2 is 1.64 bits per heavy atom. The molecule has 4 saturated carbocycles. The van der Waals surface area contributed by atoms with Crippen LogP contribution in [0.3, 0.4) is 0 Å². The molecule has 1 heteroatoms. The number of carbonyl (C=O) groups excluding carboxylic acids is 1. The van der Waals surface area contributed by atoms with E-state index in [1.807, 2.05) is 0 Å². The van der Waals surface area contributed by atoms with Gasteiger partial charge in [0.1, 0.15) is 5.78 Å². The Morgan fingerprint density at radius 1 is 0.857 bits per heavy atom. The van der Waals surface area contributed by atoms with Gasteiger partial charge < -0.3 is 0 Å². The summed E-state index contributed by atoms with van der Waals surface area (Å²) >= 11 is 0. The standard InChI is InChI=1S/C13H18O/c14-10-2-5-12(10)7-9-13(12)8-6-11(13)3-1-4-11/h1-9H2/t12?,13-/m0/s1. The first-order valence-corrected chi connectivity index (χ1v) is 6.28. The lowest BCUT2D eigenvalue weighted by Gasteiger charge is -2.78. The maximum absolute atomic E-state index is 11.9. The highest BCUT2D eigenvalue weighted by Crippen LogP contribution is 2.83. The van der Waals surface area contributed by atoms with Gasteiger partial charge in [-0.05, 0) is 55.8 Å². The average Bonchev–Trinajstić information content (AvgIpc) is 1.95. The van der Waals surface area contributed by atoms with Crippen LogP contribution in [0.25, 0.3) is 0 Å². The molecule has 0 saturated heterocycles. The van der Waals surface area contributed by atoms with Gasteiger partial charge in [0.2, 0.25) is 0 Å². The summed E-state index contributed by atoms with van der Waals surface area (Å²) in [4.78, 5) is 11.9. The molecule has 14 heavy (non-hydrogen) atoms. The van der Waals surface area contributed by atoms with Crippen molar-refractivity contribution in [3.63, 3.8) is 0 Å². The maximum atomic E-state index is 11.9. The molecule has 4 aliphatic rings. The van der Waals surface area contributed by atoms with Crippen molar-refractivity contribution in [3.8, 4) is 0 Å². The van der Waals surface area contributed by atoms with Crippen molar-refractivity contribution in [1.82, 2.24) is 0 Å². The summed E-state index contributed by atoms with van der Waals surface area (Å²) in [5.74, 6) is 0.634. The number of hydrogen-bond donors (Lipinski definition) is 0. The molecule has 0 radical (unpaired) electrons. The summed E-state index contributed by atoms with van der Waals surface area (Å²) < 4.78 is 0. The minimum absolute atomic E-state index is 0.242. The van der Waals surface area contributed by atoms with E-state index < -0.39 is 0 Å². The third kappa shape index (κ3) is 0.498. The van der Waals surface area contributed by atoms with Crippen molar-refractivity contribution >= 4 is 5.78 Å². The van der Waals surface area contributed by atoms with Crippen LogP contribution < -0.4 is 0 Å². The Labute approximate surface area is 85.3 Å². The zero-order chi connectivity index (χ0) is 9.44. The van der Waals surface area contributed by atoms with Crippen LogP contribution in [0.4, 0.5) is 0 Å². The molecule has 0 aromatic heterocycles. The van der Waals surface area contributed by atoms with Crippen molar-refractivity contribution in [2.24, 2.45) is 16.2 Å². The van der Waals surface area contributed by atoms with Crippen LogP contribution in [0.1, 0.15) is 57.8 Å². The third-order valence-corrected chi connectivity index (χ3v) is 6.56. The molecule has 4 aliphatic carbocycles. The molecular weight excluding hydrogens is 172 g/mol. The van der Waals surface area contributed by atoms with Gasteiger partial charge in [-0.2, -0.15) is 0 Å². The maximum Gasteiger partial charge on any atom is 0.139 e. The van der Waals surface area contributed by atoms with E-state index >= 15 is 0 Å². The largest absolute Gasteiger partial charge is 0.299 e. The van der Waals surface area contributed by atoms with Crippen molar-refractivity contribution < 1.29 is 4.79 Å². The van der Waals surface area contributed by atoms with Gasteiger partial charge in [0.05, 0.1) is 0 Å². The second-order valence-corrected chi connectivity index (χ2v) is 6.22. The lowest BCUT2D eigenvalue weighted by molar-refractivity contribution is -0.279. The summed E-state index contributed by atoms with van der Waals surface area (Å²) in [6, 6.07) is 0. The monoisotopic (exact) mass is 190 g/mol. The molecule has 0 heterocycles. The predicted molar refractivity (Wildman–Crippen MR) is 53.9 cm³/mol. The highest BCUT2D eigenvalue weighted by atomic mass is 16.1. The Bertz CT molecular complexity index is 315. The predicted octanol–water partition coefficient (Wildman–Crippen LogP) is 3.08. The summed E-state index contributed by atoms with van der Waals surface area (Å²) in [6.07, 6.45) is 11.9. The normalized spacial score (nSPS) is 52.4. The Balaban J connectivity index is 1.74. The van der Waals surface area contributed by atoms with E-state index in [1.165, 1.54) is 51.4 Å². The number of Topliss-reactive ketones (excluding diaryl/α,β-unsaturated/α-hetero) is 1. The number of rotatable bonds is 0. The first-order chi connectivity index (χ1) is 6.75. The summed E-state index contributed by atoms with van der Waals surface area (Å²) in [7, 11) is 0. The van der Waals surface area contributed by atoms with Crippen molar-refractivity contribution in [3.05, 3.63) is 0 Å². The first-order valence-electron chi connectivity index (χ1n) is 6.28. The molecule has 2 atom stereocenters. The highest BCUT2D eigenvalue weighted by Gasteiger charge is 2.77. The Morgan fingerprint density at radius 3 is 1.86 bits per heavy atom. The SMILES string of the molecule is O=C1CCC12CC[C@]21CCC12CCC2. The average molecular weight is 190 g/mol. The molecule has 3 spiro atoms. The molecule has 4 fully saturated rings. The molecule has 0 aliphatic heterocycles. The van der Waals surface area contributed by atoms with Gasteiger partial charge in [-0.25, -0.2) is 0 Å². The molecule has 0 aromatic rings. The van der Waals surface area contributed by atoms with Crippen LogP contribution in [-0.2, 0) is 4.79 Å². The van der Waals surface area contributed by atoms with E-state index in [9.17, 15) is 4.79 Å². The lowest BCUT2D eigenvalue weighted by atomic mass is 9.24. The van der Waals surface area contributed by atoms with Crippen LogP contribution in [0, 0.1) is 16.2 Å². The molecule has 4 rings (SSSR count). The van der Waals surface area contributed by atoms with Crippen LogP contribution in [0.15, 0.2) is 0 Å². The first kappa shape index (κ1) is 7.90. The van der Waals surface area contributed by atoms with E-state index in [1.54, 1.807) is 0 Å². The van der Waals surface area contributed by atoms with Crippen LogP contribution >= 0.6 is 0 Å². The second-order valence-electron chi connectivity index (χ2n) is 6.22. The van der Waals surface area contributed by atoms with Gasteiger partial charge in [-0.3, -0.25) is 4.79 Å². The van der Waals surface area contributed by atoms with Crippen molar-refractivity contribution in [2.45, 2.75) is 57.8 Å².